The van der Waals surface area contributed by atoms with Crippen LogP contribution in [0, 0.1) is 0 Å². The number of carbonyl (C=O) groups excluding carboxylic acids is 2. The van der Waals surface area contributed by atoms with Gasteiger partial charge in [-0.1, -0.05) is 70.7 Å². The second kappa shape index (κ2) is 14.5. The zero-order valence-electron chi connectivity index (χ0n) is 27.5. The van der Waals surface area contributed by atoms with Crippen LogP contribution < -0.4 is 20.1 Å². The van der Waals surface area contributed by atoms with Crippen LogP contribution >= 0.6 is 31.9 Å². The third-order valence-corrected chi connectivity index (χ3v) is 10.1. The quantitative estimate of drug-likeness (QED) is 0.192. The number of hydrogen-bond donors (Lipinski definition) is 2. The highest BCUT2D eigenvalue weighted by Crippen LogP contribution is 2.41. The first-order valence-corrected chi connectivity index (χ1v) is 17.8. The van der Waals surface area contributed by atoms with E-state index in [0.717, 1.165) is 59.6 Å². The zero-order chi connectivity index (χ0) is 33.9. The van der Waals surface area contributed by atoms with Crippen LogP contribution in [0.25, 0.3) is 23.3 Å². The molecule has 4 aromatic carbocycles. The molecule has 3 aliphatic rings. The Hall–Kier alpha value is -4.14. The van der Waals surface area contributed by atoms with Crippen LogP contribution in [0.5, 0.6) is 11.5 Å². The van der Waals surface area contributed by atoms with Crippen LogP contribution in [-0.2, 0) is 9.59 Å². The molecule has 0 aromatic heterocycles. The average molecular weight is 771 g/mol. The minimum absolute atomic E-state index is 0.0497. The lowest BCUT2D eigenvalue weighted by Gasteiger charge is -2.15. The highest BCUT2D eigenvalue weighted by atomic mass is 79.9. The molecule has 2 amide bonds. The molecule has 8 heteroatoms. The second-order valence-corrected chi connectivity index (χ2v) is 14.4. The summed E-state index contributed by atoms with van der Waals surface area (Å²) in [5.41, 5.74) is 9.40. The molecule has 48 heavy (non-hydrogen) atoms. The second-order valence-electron chi connectivity index (χ2n) is 12.5. The number of carbonyl (C=O) groups is 2. The van der Waals surface area contributed by atoms with Crippen molar-refractivity contribution >= 4 is 78.3 Å². The molecule has 2 aliphatic heterocycles. The van der Waals surface area contributed by atoms with Crippen LogP contribution in [0.15, 0.2) is 81.7 Å². The standard InChI is InChI=1S/C21H20BrNO2.C19H18BrNO2/c1-25-20-9-6-13(10-16(20)14-4-2-3-5-14)11-18-17-12-15(22)7-8-19(17)23-21(18)24;1-11(2)14-8-12(4-7-18(14)23-3)9-16-15-10-13(20)5-6-17(15)21-19(16)22/h6-12,14H,2-5H2,1H3,(H,23,24);4-11H,1-3H3,(H,21,22). The number of fused-ring (bicyclic) bond motifs is 2. The van der Waals surface area contributed by atoms with Crippen molar-refractivity contribution in [2.24, 2.45) is 0 Å². The van der Waals surface area contributed by atoms with Crippen molar-refractivity contribution < 1.29 is 19.1 Å². The summed E-state index contributed by atoms with van der Waals surface area (Å²) in [5.74, 6) is 2.62. The summed E-state index contributed by atoms with van der Waals surface area (Å²) >= 11 is 6.95. The van der Waals surface area contributed by atoms with E-state index in [-0.39, 0.29) is 11.8 Å². The third-order valence-electron chi connectivity index (χ3n) is 9.08. The lowest BCUT2D eigenvalue weighted by atomic mass is 9.94. The van der Waals surface area contributed by atoms with Crippen molar-refractivity contribution in [3.8, 4) is 11.5 Å². The van der Waals surface area contributed by atoms with Gasteiger partial charge in [-0.25, -0.2) is 0 Å². The van der Waals surface area contributed by atoms with E-state index in [0.29, 0.717) is 23.0 Å². The van der Waals surface area contributed by atoms with Crippen molar-refractivity contribution in [2.75, 3.05) is 24.9 Å². The molecule has 2 heterocycles. The molecule has 0 radical (unpaired) electrons. The van der Waals surface area contributed by atoms with Gasteiger partial charge in [0.15, 0.2) is 0 Å². The van der Waals surface area contributed by atoms with Gasteiger partial charge in [0.05, 0.1) is 14.2 Å². The van der Waals surface area contributed by atoms with E-state index >= 15 is 0 Å². The molecule has 1 fully saturated rings. The van der Waals surface area contributed by atoms with Crippen molar-refractivity contribution in [2.45, 2.75) is 51.4 Å². The van der Waals surface area contributed by atoms with Gasteiger partial charge in [0.1, 0.15) is 11.5 Å². The Balaban J connectivity index is 0.000000168. The van der Waals surface area contributed by atoms with E-state index in [1.165, 1.54) is 31.2 Å². The lowest BCUT2D eigenvalue weighted by molar-refractivity contribution is -0.111. The minimum Gasteiger partial charge on any atom is -0.496 e. The van der Waals surface area contributed by atoms with E-state index in [2.05, 4.69) is 68.5 Å². The molecule has 0 atom stereocenters. The molecule has 6 nitrogen and oxygen atoms in total. The first kappa shape index (κ1) is 33.7. The maximum absolute atomic E-state index is 12.4. The summed E-state index contributed by atoms with van der Waals surface area (Å²) in [7, 11) is 3.40. The number of rotatable bonds is 6. The number of anilines is 2. The predicted molar refractivity (Wildman–Crippen MR) is 203 cm³/mol. The Bertz CT molecular complexity index is 1960. The van der Waals surface area contributed by atoms with Crippen molar-refractivity contribution in [3.05, 3.63) is 115 Å². The Labute approximate surface area is 298 Å². The van der Waals surface area contributed by atoms with Crippen molar-refractivity contribution in [1.29, 1.82) is 0 Å². The maximum Gasteiger partial charge on any atom is 0.256 e. The number of methoxy groups -OCH3 is 2. The number of hydrogen-bond acceptors (Lipinski definition) is 4. The molecule has 0 spiro atoms. The van der Waals surface area contributed by atoms with E-state index in [9.17, 15) is 9.59 Å². The van der Waals surface area contributed by atoms with Crippen LogP contribution in [0.2, 0.25) is 0 Å². The minimum atomic E-state index is -0.0694. The molecule has 0 saturated heterocycles. The van der Waals surface area contributed by atoms with Crippen molar-refractivity contribution in [3.63, 3.8) is 0 Å². The van der Waals surface area contributed by atoms with Crippen LogP contribution in [0.4, 0.5) is 11.4 Å². The van der Waals surface area contributed by atoms with Gasteiger partial charge in [-0.15, -0.1) is 0 Å². The van der Waals surface area contributed by atoms with E-state index in [1.807, 2.05) is 72.8 Å². The predicted octanol–water partition coefficient (Wildman–Crippen LogP) is 10.7. The van der Waals surface area contributed by atoms with Crippen LogP contribution in [-0.4, -0.2) is 26.0 Å². The molecule has 0 unspecified atom stereocenters. The summed E-state index contributed by atoms with van der Waals surface area (Å²) in [6.45, 7) is 4.26. The highest BCUT2D eigenvalue weighted by Gasteiger charge is 2.26. The smallest absolute Gasteiger partial charge is 0.256 e. The van der Waals surface area contributed by atoms with E-state index in [1.54, 1.807) is 14.2 Å². The normalized spacial score (nSPS) is 16.8. The Morgan fingerprint density at radius 3 is 1.69 bits per heavy atom. The topological polar surface area (TPSA) is 76.7 Å². The van der Waals surface area contributed by atoms with E-state index < -0.39 is 0 Å². The van der Waals surface area contributed by atoms with Gasteiger partial charge >= 0.3 is 0 Å². The molecule has 1 aliphatic carbocycles. The van der Waals surface area contributed by atoms with Crippen LogP contribution in [0.3, 0.4) is 0 Å². The molecule has 0 bridgehead atoms. The fraction of sp³-hybridized carbons (Fsp3) is 0.250. The number of benzene rings is 4. The number of amides is 2. The Morgan fingerprint density at radius 2 is 1.19 bits per heavy atom. The van der Waals surface area contributed by atoms with Gasteiger partial charge in [0, 0.05) is 42.6 Å². The van der Waals surface area contributed by atoms with Gasteiger partial charge in [-0.05, 0) is 120 Å². The fourth-order valence-electron chi connectivity index (χ4n) is 6.63. The lowest BCUT2D eigenvalue weighted by Crippen LogP contribution is -2.03. The Morgan fingerprint density at radius 1 is 0.688 bits per heavy atom. The fourth-order valence-corrected chi connectivity index (χ4v) is 7.35. The number of ether oxygens (including phenoxy) is 2. The highest BCUT2D eigenvalue weighted by molar-refractivity contribution is 9.10. The molecular weight excluding hydrogens is 732 g/mol. The molecule has 7 rings (SSSR count). The van der Waals surface area contributed by atoms with E-state index in [4.69, 9.17) is 9.47 Å². The van der Waals surface area contributed by atoms with Gasteiger partial charge in [-0.3, -0.25) is 9.59 Å². The van der Waals surface area contributed by atoms with Crippen LogP contribution in [0.1, 0.15) is 84.7 Å². The molecule has 1 saturated carbocycles. The maximum atomic E-state index is 12.4. The zero-order valence-corrected chi connectivity index (χ0v) is 30.6. The monoisotopic (exact) mass is 768 g/mol. The summed E-state index contributed by atoms with van der Waals surface area (Å²) in [6.07, 6.45) is 8.90. The SMILES string of the molecule is COc1ccc(C=C2C(=O)Nc3ccc(Br)cc32)cc1C(C)C.COc1ccc(C=C2C(=O)Nc3ccc(Br)cc32)cc1C1CCCC1. The number of halogens is 2. The molecule has 2 N–H and O–H groups in total. The van der Waals surface area contributed by atoms with Gasteiger partial charge in [0.2, 0.25) is 0 Å². The molecule has 4 aromatic rings. The van der Waals surface area contributed by atoms with Crippen molar-refractivity contribution in [1.82, 2.24) is 0 Å². The number of nitrogens with one attached hydrogen (secondary N) is 2. The first-order valence-electron chi connectivity index (χ1n) is 16.2. The Kier molecular flexibility index (Phi) is 10.2. The third kappa shape index (κ3) is 7.15. The summed E-state index contributed by atoms with van der Waals surface area (Å²) in [5, 5.41) is 5.84. The largest absolute Gasteiger partial charge is 0.496 e. The van der Waals surface area contributed by atoms with Gasteiger partial charge in [-0.2, -0.15) is 0 Å². The first-order chi connectivity index (χ1) is 23.1. The summed E-state index contributed by atoms with van der Waals surface area (Å²) in [6, 6.07) is 23.9. The summed E-state index contributed by atoms with van der Waals surface area (Å²) < 4.78 is 12.9. The average Bonchev–Trinajstić information content (AvgIpc) is 3.80. The van der Waals surface area contributed by atoms with Gasteiger partial charge in [0.25, 0.3) is 11.8 Å². The van der Waals surface area contributed by atoms with Gasteiger partial charge < -0.3 is 20.1 Å². The molecule has 246 valence electrons. The molecular formula is C40H38Br2N2O4. The summed E-state index contributed by atoms with van der Waals surface area (Å²) in [4.78, 5) is 24.7.